The Hall–Kier alpha value is -4.72. The third-order valence-electron chi connectivity index (χ3n) is 6.80. The average molecular weight is 652 g/mol. The Balaban J connectivity index is 0.000000305. The normalized spacial score (nSPS) is 17.4. The second kappa shape index (κ2) is 17.7. The van der Waals surface area contributed by atoms with Crippen molar-refractivity contribution in [1.29, 1.82) is 0 Å². The van der Waals surface area contributed by atoms with E-state index in [1.54, 1.807) is 0 Å². The summed E-state index contributed by atoms with van der Waals surface area (Å²) in [6.45, 7) is 5.89. The van der Waals surface area contributed by atoms with Crippen LogP contribution in [0.15, 0.2) is 48.7 Å². The van der Waals surface area contributed by atoms with Crippen LogP contribution in [0.1, 0.15) is 0 Å². The molecule has 4 atom stereocenters. The van der Waals surface area contributed by atoms with E-state index in [1.165, 1.54) is 0 Å². The van der Waals surface area contributed by atoms with Gasteiger partial charge in [-0.1, -0.05) is 18.2 Å². The zero-order valence-corrected chi connectivity index (χ0v) is 24.7. The van der Waals surface area contributed by atoms with E-state index in [-0.39, 0.29) is 5.91 Å². The number of carbonyl (C=O) groups is 5. The van der Waals surface area contributed by atoms with Gasteiger partial charge in [-0.25, -0.2) is 24.2 Å². The summed E-state index contributed by atoms with van der Waals surface area (Å²) in [5.74, 6) is -5.97. The number of para-hydroxylation sites is 2. The Labute approximate surface area is 262 Å². The lowest BCUT2D eigenvalue weighted by Gasteiger charge is -2.38. The number of piperazine rings is 1. The van der Waals surface area contributed by atoms with Crippen molar-refractivity contribution in [3.63, 3.8) is 0 Å². The van der Waals surface area contributed by atoms with E-state index in [0.29, 0.717) is 13.1 Å². The Morgan fingerprint density at radius 1 is 0.652 bits per heavy atom. The fourth-order valence-corrected chi connectivity index (χ4v) is 4.19. The molecule has 46 heavy (non-hydrogen) atoms. The number of anilines is 3. The second-order valence-corrected chi connectivity index (χ2v) is 10.1. The van der Waals surface area contributed by atoms with Crippen LogP contribution in [0.3, 0.4) is 0 Å². The fraction of sp³-hybridized carbons (Fsp3) is 0.429. The molecule has 252 valence electrons. The molecule has 3 heterocycles. The van der Waals surface area contributed by atoms with Gasteiger partial charge in [0.05, 0.1) is 17.9 Å². The van der Waals surface area contributed by atoms with E-state index in [9.17, 15) is 24.0 Å². The molecule has 1 saturated heterocycles. The highest BCUT2D eigenvalue weighted by Gasteiger charge is 2.31. The molecule has 1 amide bonds. The zero-order valence-electron chi connectivity index (χ0n) is 24.7. The number of rotatable bonds is 9. The number of carboxylic acid groups (broad SMARTS) is 4. The lowest BCUT2D eigenvalue weighted by molar-refractivity contribution is -0.165. The number of amides is 1. The second-order valence-electron chi connectivity index (χ2n) is 10.1. The molecule has 1 fully saturated rings. The number of hydrogen-bond acceptors (Lipinski definition) is 13. The molecule has 0 aliphatic carbocycles. The summed E-state index contributed by atoms with van der Waals surface area (Å²) in [5.41, 5.74) is 2.02. The van der Waals surface area contributed by atoms with Crippen LogP contribution in [0, 0.1) is 0 Å². The average Bonchev–Trinajstić information content (AvgIpc) is 3.04. The fourth-order valence-electron chi connectivity index (χ4n) is 4.19. The summed E-state index contributed by atoms with van der Waals surface area (Å²) in [7, 11) is 2.13. The van der Waals surface area contributed by atoms with Gasteiger partial charge in [-0.15, -0.1) is 0 Å². The zero-order chi connectivity index (χ0) is 34.6. The third-order valence-corrected chi connectivity index (χ3v) is 6.80. The first-order chi connectivity index (χ1) is 21.6. The minimum Gasteiger partial charge on any atom is -0.479 e. The number of nitrogens with zero attached hydrogens (tertiary/aromatic N) is 5. The molecular formula is C28H37N5O13. The number of carbonyl (C=O) groups excluding carboxylic acids is 1. The molecular weight excluding hydrogens is 614 g/mol. The maximum absolute atomic E-state index is 13.0. The summed E-state index contributed by atoms with van der Waals surface area (Å²) in [6.07, 6.45) is -7.26. The highest BCUT2D eigenvalue weighted by molar-refractivity contribution is 5.99. The van der Waals surface area contributed by atoms with E-state index in [2.05, 4.69) is 32.8 Å². The highest BCUT2D eigenvalue weighted by atomic mass is 16.4. The molecule has 0 bridgehead atoms. The smallest absolute Gasteiger partial charge is 0.335 e. The lowest BCUT2D eigenvalue weighted by Crippen LogP contribution is -2.51. The maximum atomic E-state index is 13.0. The summed E-state index contributed by atoms with van der Waals surface area (Å²) in [4.78, 5) is 65.3. The maximum Gasteiger partial charge on any atom is 0.335 e. The molecule has 0 spiro atoms. The first-order valence-electron chi connectivity index (χ1n) is 13.8. The Morgan fingerprint density at radius 2 is 1.11 bits per heavy atom. The van der Waals surface area contributed by atoms with E-state index < -0.39 is 48.3 Å². The van der Waals surface area contributed by atoms with Gasteiger partial charge in [0.1, 0.15) is 5.82 Å². The van der Waals surface area contributed by atoms with Gasteiger partial charge >= 0.3 is 23.9 Å². The van der Waals surface area contributed by atoms with E-state index in [0.717, 1.165) is 49.9 Å². The van der Waals surface area contributed by atoms with Crippen molar-refractivity contribution in [3.8, 4) is 0 Å². The molecule has 2 aliphatic rings. The van der Waals surface area contributed by atoms with Crippen LogP contribution < -0.4 is 9.80 Å². The number of aliphatic carboxylic acids is 4. The summed E-state index contributed by atoms with van der Waals surface area (Å²) >= 11 is 0. The lowest BCUT2D eigenvalue weighted by atomic mass is 10.1. The summed E-state index contributed by atoms with van der Waals surface area (Å²) < 4.78 is 0. The van der Waals surface area contributed by atoms with Gasteiger partial charge in [-0.05, 0) is 31.3 Å². The predicted octanol–water partition coefficient (Wildman–Crippen LogP) is -2.43. The topological polar surface area (TPSA) is 273 Å². The minimum atomic E-state index is -2.27. The molecule has 4 rings (SSSR count). The molecule has 18 nitrogen and oxygen atoms in total. The Bertz CT molecular complexity index is 1270. The standard InChI is InChI=1S/C20H25N5O.2C4H6O6/c1-22-10-12-23(13-11-22)16-20(26)25-15-14-24(19-8-4-5-9-21-19)17-6-2-3-7-18(17)25;2*5-1(3(7)8)2(6)4(9)10/h2-9H,10-16H2,1H3;2*1-2,5-6H,(H,7,8)(H,9,10)/t;2*1-,2-/m.11/s1. The van der Waals surface area contributed by atoms with Crippen LogP contribution in [-0.2, 0) is 24.0 Å². The molecule has 0 unspecified atom stereocenters. The number of aliphatic hydroxyl groups is 4. The summed E-state index contributed by atoms with van der Waals surface area (Å²) in [5, 5.41) is 65.1. The molecule has 8 N–H and O–H groups in total. The number of aromatic nitrogens is 1. The number of benzene rings is 1. The monoisotopic (exact) mass is 651 g/mol. The van der Waals surface area contributed by atoms with Gasteiger partial charge in [-0.2, -0.15) is 0 Å². The van der Waals surface area contributed by atoms with Crippen LogP contribution in [0.25, 0.3) is 0 Å². The quantitative estimate of drug-likeness (QED) is 0.140. The van der Waals surface area contributed by atoms with Gasteiger partial charge in [0, 0.05) is 45.5 Å². The Kier molecular flexibility index (Phi) is 14.4. The number of pyridine rings is 1. The van der Waals surface area contributed by atoms with Gasteiger partial charge in [-0.3, -0.25) is 9.69 Å². The van der Waals surface area contributed by atoms with Crippen molar-refractivity contribution in [2.75, 3.05) is 62.7 Å². The Morgan fingerprint density at radius 3 is 1.54 bits per heavy atom. The van der Waals surface area contributed by atoms with Crippen molar-refractivity contribution < 1.29 is 64.8 Å². The highest BCUT2D eigenvalue weighted by Crippen LogP contribution is 2.36. The van der Waals surface area contributed by atoms with Gasteiger partial charge in [0.2, 0.25) is 5.91 Å². The number of likely N-dealkylation sites (N-methyl/N-ethyl adjacent to an activating group) is 1. The van der Waals surface area contributed by atoms with Gasteiger partial charge in [0.15, 0.2) is 24.4 Å². The van der Waals surface area contributed by atoms with Crippen molar-refractivity contribution in [1.82, 2.24) is 14.8 Å². The van der Waals surface area contributed by atoms with E-state index >= 15 is 0 Å². The van der Waals surface area contributed by atoms with Crippen LogP contribution in [0.5, 0.6) is 0 Å². The van der Waals surface area contributed by atoms with Gasteiger partial charge in [0.25, 0.3) is 0 Å². The molecule has 1 aromatic heterocycles. The molecule has 2 aromatic rings. The van der Waals surface area contributed by atoms with E-state index in [4.69, 9.17) is 40.9 Å². The minimum absolute atomic E-state index is 0.183. The van der Waals surface area contributed by atoms with Crippen LogP contribution in [0.2, 0.25) is 0 Å². The third kappa shape index (κ3) is 10.7. The molecule has 0 saturated carbocycles. The van der Waals surface area contributed by atoms with Crippen LogP contribution in [-0.4, -0.2) is 163 Å². The molecule has 2 aliphatic heterocycles. The SMILES string of the molecule is CN1CCN(CC(=O)N2CCN(c3ccccn3)c3ccccc32)CC1.O=C(O)[C@H](O)[C@@H](O)C(=O)O.O=C(O)[C@H](O)[C@@H](O)C(=O)O. The number of aliphatic hydroxyl groups excluding tert-OH is 4. The first kappa shape index (κ1) is 37.5. The van der Waals surface area contributed by atoms with Crippen molar-refractivity contribution >= 4 is 47.0 Å². The number of carboxylic acids is 4. The molecule has 0 radical (unpaired) electrons. The van der Waals surface area contributed by atoms with Gasteiger partial charge < -0.3 is 55.6 Å². The first-order valence-corrected chi connectivity index (χ1v) is 13.8. The number of fused-ring (bicyclic) bond motifs is 1. The largest absolute Gasteiger partial charge is 0.479 e. The summed E-state index contributed by atoms with van der Waals surface area (Å²) in [6, 6.07) is 14.0. The van der Waals surface area contributed by atoms with Crippen LogP contribution in [0.4, 0.5) is 17.2 Å². The molecule has 18 heteroatoms. The van der Waals surface area contributed by atoms with Crippen molar-refractivity contribution in [2.45, 2.75) is 24.4 Å². The molecule has 1 aromatic carbocycles. The van der Waals surface area contributed by atoms with Crippen LogP contribution >= 0.6 is 0 Å². The van der Waals surface area contributed by atoms with E-state index in [1.807, 2.05) is 47.5 Å². The number of hydrogen-bond donors (Lipinski definition) is 8. The van der Waals surface area contributed by atoms with Crippen molar-refractivity contribution in [2.24, 2.45) is 0 Å². The predicted molar refractivity (Wildman–Crippen MR) is 159 cm³/mol. The van der Waals surface area contributed by atoms with Crippen molar-refractivity contribution in [3.05, 3.63) is 48.7 Å².